The lowest BCUT2D eigenvalue weighted by Gasteiger charge is -2.33. The Morgan fingerprint density at radius 2 is 2.30 bits per heavy atom. The number of fused-ring (bicyclic) bond motifs is 1. The Bertz CT molecular complexity index is 497. The van der Waals surface area contributed by atoms with Crippen LogP contribution in [0.4, 0.5) is 14.9 Å². The first-order chi connectivity index (χ1) is 9.74. The molecule has 1 aliphatic carbocycles. The third-order valence-electron chi connectivity index (χ3n) is 4.12. The highest BCUT2D eigenvalue weighted by molar-refractivity contribution is 5.89. The molecule has 0 bridgehead atoms. The Morgan fingerprint density at radius 3 is 3.15 bits per heavy atom. The predicted octanol–water partition coefficient (Wildman–Crippen LogP) is 2.30. The van der Waals surface area contributed by atoms with Crippen LogP contribution in [0.5, 0.6) is 0 Å². The quantitative estimate of drug-likeness (QED) is 0.873. The van der Waals surface area contributed by atoms with Crippen molar-refractivity contribution >= 4 is 11.7 Å². The predicted molar refractivity (Wildman–Crippen MR) is 71.8 cm³/mol. The molecule has 2 heterocycles. The standard InChI is InChI=1S/C14H18FN3O2/c15-10-8-16-6-4-12(10)18-14(19)17-11-2-1-3-13-9(11)5-7-20-13/h4,6,8-9,11,13H,1-3,5,7H2,(H2,16,17,18,19)/t9-,11-,13+/m1/s1. The lowest BCUT2D eigenvalue weighted by atomic mass is 9.82. The molecule has 2 N–H and O–H groups in total. The molecule has 3 atom stereocenters. The molecule has 6 heteroatoms. The molecule has 20 heavy (non-hydrogen) atoms. The highest BCUT2D eigenvalue weighted by Gasteiger charge is 2.38. The number of amides is 2. The molecule has 1 aliphatic heterocycles. The summed E-state index contributed by atoms with van der Waals surface area (Å²) in [6, 6.07) is 1.19. The molecule has 2 fully saturated rings. The maximum atomic E-state index is 13.4. The van der Waals surface area contributed by atoms with Gasteiger partial charge in [0, 0.05) is 24.8 Å². The summed E-state index contributed by atoms with van der Waals surface area (Å²) >= 11 is 0. The van der Waals surface area contributed by atoms with E-state index in [9.17, 15) is 9.18 Å². The molecule has 3 rings (SSSR count). The van der Waals surface area contributed by atoms with Crippen molar-refractivity contribution in [2.75, 3.05) is 11.9 Å². The fraction of sp³-hybridized carbons (Fsp3) is 0.571. The Morgan fingerprint density at radius 1 is 1.40 bits per heavy atom. The number of hydrogen-bond donors (Lipinski definition) is 2. The Balaban J connectivity index is 1.60. The van der Waals surface area contributed by atoms with Crippen LogP contribution in [-0.4, -0.2) is 29.8 Å². The van der Waals surface area contributed by atoms with Gasteiger partial charge in [0.15, 0.2) is 5.82 Å². The number of nitrogens with one attached hydrogen (secondary N) is 2. The normalized spacial score (nSPS) is 28.8. The van der Waals surface area contributed by atoms with E-state index in [0.717, 1.165) is 38.5 Å². The Kier molecular flexibility index (Phi) is 3.82. The van der Waals surface area contributed by atoms with E-state index >= 15 is 0 Å². The van der Waals surface area contributed by atoms with Crippen LogP contribution in [0.2, 0.25) is 0 Å². The molecule has 108 valence electrons. The average Bonchev–Trinajstić information content (AvgIpc) is 2.91. The van der Waals surface area contributed by atoms with Crippen LogP contribution in [0.3, 0.4) is 0 Å². The SMILES string of the molecule is O=C(Nc1ccncc1F)N[C@@H]1CCC[C@@H]2OCC[C@@H]21. The van der Waals surface area contributed by atoms with Crippen LogP contribution in [0, 0.1) is 11.7 Å². The second-order valence-corrected chi connectivity index (χ2v) is 5.35. The molecule has 2 amide bonds. The maximum absolute atomic E-state index is 13.4. The summed E-state index contributed by atoms with van der Waals surface area (Å²) in [7, 11) is 0. The van der Waals surface area contributed by atoms with Gasteiger partial charge in [-0.2, -0.15) is 0 Å². The molecule has 0 radical (unpaired) electrons. The third-order valence-corrected chi connectivity index (χ3v) is 4.12. The summed E-state index contributed by atoms with van der Waals surface area (Å²) in [5.41, 5.74) is 0.146. The smallest absolute Gasteiger partial charge is 0.319 e. The minimum absolute atomic E-state index is 0.112. The van der Waals surface area contributed by atoms with Gasteiger partial charge in [-0.25, -0.2) is 9.18 Å². The van der Waals surface area contributed by atoms with Gasteiger partial charge >= 0.3 is 6.03 Å². The van der Waals surface area contributed by atoms with Crippen LogP contribution in [0.1, 0.15) is 25.7 Å². The maximum Gasteiger partial charge on any atom is 0.319 e. The molecular formula is C14H18FN3O2. The van der Waals surface area contributed by atoms with Gasteiger partial charge in [-0.15, -0.1) is 0 Å². The number of ether oxygens (including phenoxy) is 1. The minimum Gasteiger partial charge on any atom is -0.378 e. The molecule has 1 aromatic rings. The van der Waals surface area contributed by atoms with Gasteiger partial charge in [-0.1, -0.05) is 0 Å². The van der Waals surface area contributed by atoms with Gasteiger partial charge < -0.3 is 15.4 Å². The molecular weight excluding hydrogens is 261 g/mol. The van der Waals surface area contributed by atoms with Crippen molar-refractivity contribution in [3.63, 3.8) is 0 Å². The number of halogens is 1. The van der Waals surface area contributed by atoms with E-state index in [1.165, 1.54) is 12.3 Å². The first-order valence-corrected chi connectivity index (χ1v) is 7.02. The average molecular weight is 279 g/mol. The number of anilines is 1. The molecule has 1 saturated heterocycles. The zero-order valence-corrected chi connectivity index (χ0v) is 11.1. The van der Waals surface area contributed by atoms with Crippen molar-refractivity contribution in [2.45, 2.75) is 37.8 Å². The van der Waals surface area contributed by atoms with Crippen LogP contribution in [-0.2, 0) is 4.74 Å². The van der Waals surface area contributed by atoms with Crippen molar-refractivity contribution in [3.05, 3.63) is 24.3 Å². The van der Waals surface area contributed by atoms with Crippen molar-refractivity contribution in [2.24, 2.45) is 5.92 Å². The fourth-order valence-electron chi connectivity index (χ4n) is 3.16. The highest BCUT2D eigenvalue weighted by atomic mass is 19.1. The van der Waals surface area contributed by atoms with E-state index in [2.05, 4.69) is 15.6 Å². The summed E-state index contributed by atoms with van der Waals surface area (Å²) in [4.78, 5) is 15.6. The van der Waals surface area contributed by atoms with E-state index < -0.39 is 5.82 Å². The van der Waals surface area contributed by atoms with Crippen LogP contribution < -0.4 is 10.6 Å². The summed E-state index contributed by atoms with van der Waals surface area (Å²) < 4.78 is 19.1. The van der Waals surface area contributed by atoms with Crippen molar-refractivity contribution in [1.29, 1.82) is 0 Å². The van der Waals surface area contributed by atoms with Gasteiger partial charge in [0.2, 0.25) is 0 Å². The van der Waals surface area contributed by atoms with Gasteiger partial charge in [-0.05, 0) is 31.7 Å². The largest absolute Gasteiger partial charge is 0.378 e. The zero-order chi connectivity index (χ0) is 13.9. The van der Waals surface area contributed by atoms with Crippen LogP contribution in [0.25, 0.3) is 0 Å². The second-order valence-electron chi connectivity index (χ2n) is 5.35. The number of nitrogens with zero attached hydrogens (tertiary/aromatic N) is 1. The molecule has 0 spiro atoms. The number of pyridine rings is 1. The third kappa shape index (κ3) is 2.75. The van der Waals surface area contributed by atoms with E-state index in [1.54, 1.807) is 0 Å². The number of carbonyl (C=O) groups excluding carboxylic acids is 1. The van der Waals surface area contributed by atoms with Crippen LogP contribution in [0.15, 0.2) is 18.5 Å². The van der Waals surface area contributed by atoms with Crippen molar-refractivity contribution < 1.29 is 13.9 Å². The first-order valence-electron chi connectivity index (χ1n) is 7.02. The van der Waals surface area contributed by atoms with E-state index in [0.29, 0.717) is 5.92 Å². The zero-order valence-electron chi connectivity index (χ0n) is 11.1. The first kappa shape index (κ1) is 13.3. The van der Waals surface area contributed by atoms with E-state index in [1.807, 2.05) is 0 Å². The summed E-state index contributed by atoms with van der Waals surface area (Å²) in [5.74, 6) is -0.148. The van der Waals surface area contributed by atoms with Crippen molar-refractivity contribution in [3.8, 4) is 0 Å². The Hall–Kier alpha value is -1.69. The second kappa shape index (κ2) is 5.75. The molecule has 1 saturated carbocycles. The lowest BCUT2D eigenvalue weighted by Crippen LogP contribution is -2.47. The fourth-order valence-corrected chi connectivity index (χ4v) is 3.16. The monoisotopic (exact) mass is 279 g/mol. The van der Waals surface area contributed by atoms with Gasteiger partial charge in [0.05, 0.1) is 18.0 Å². The number of hydrogen-bond acceptors (Lipinski definition) is 3. The summed E-state index contributed by atoms with van der Waals surface area (Å²) in [5, 5.41) is 5.48. The molecule has 2 aliphatic rings. The highest BCUT2D eigenvalue weighted by Crippen LogP contribution is 2.34. The number of carbonyl (C=O) groups is 1. The van der Waals surface area contributed by atoms with Crippen molar-refractivity contribution in [1.82, 2.24) is 10.3 Å². The topological polar surface area (TPSA) is 63.2 Å². The minimum atomic E-state index is -0.534. The van der Waals surface area contributed by atoms with Crippen LogP contribution >= 0.6 is 0 Å². The Labute approximate surface area is 116 Å². The van der Waals surface area contributed by atoms with E-state index in [-0.39, 0.29) is 23.9 Å². The number of aromatic nitrogens is 1. The number of rotatable bonds is 2. The molecule has 1 aromatic heterocycles. The van der Waals surface area contributed by atoms with E-state index in [4.69, 9.17) is 4.74 Å². The summed E-state index contributed by atoms with van der Waals surface area (Å²) in [6.07, 6.45) is 6.86. The molecule has 5 nitrogen and oxygen atoms in total. The van der Waals surface area contributed by atoms with Gasteiger partial charge in [0.1, 0.15) is 0 Å². The molecule has 0 aromatic carbocycles. The number of urea groups is 1. The molecule has 0 unspecified atom stereocenters. The van der Waals surface area contributed by atoms with Gasteiger partial charge in [-0.3, -0.25) is 4.98 Å². The summed E-state index contributed by atoms with van der Waals surface area (Å²) in [6.45, 7) is 0.772. The lowest BCUT2D eigenvalue weighted by molar-refractivity contribution is 0.0553. The van der Waals surface area contributed by atoms with Gasteiger partial charge in [0.25, 0.3) is 0 Å².